The van der Waals surface area contributed by atoms with Gasteiger partial charge in [-0.05, 0) is 32.6 Å². The van der Waals surface area contributed by atoms with E-state index in [1.54, 1.807) is 6.07 Å². The fraction of sp³-hybridized carbons (Fsp3) is 0.533. The smallest absolute Gasteiger partial charge is 0.226 e. The molecular weight excluding hydrogens is 254 g/mol. The van der Waals surface area contributed by atoms with Crippen molar-refractivity contribution in [3.8, 4) is 5.75 Å². The Kier molecular flexibility index (Phi) is 4.84. The van der Waals surface area contributed by atoms with Gasteiger partial charge in [0, 0.05) is 30.9 Å². The molecule has 5 nitrogen and oxygen atoms in total. The summed E-state index contributed by atoms with van der Waals surface area (Å²) in [6.45, 7) is 2.06. The highest BCUT2D eigenvalue weighted by Crippen LogP contribution is 2.16. The van der Waals surface area contributed by atoms with Crippen LogP contribution in [0, 0.1) is 0 Å². The summed E-state index contributed by atoms with van der Waals surface area (Å²) in [6, 6.07) is 7.74. The molecule has 110 valence electrons. The number of rotatable bonds is 5. The summed E-state index contributed by atoms with van der Waals surface area (Å²) in [4.78, 5) is 16.2. The van der Waals surface area contributed by atoms with Gasteiger partial charge in [0.1, 0.15) is 5.75 Å². The van der Waals surface area contributed by atoms with Crippen molar-refractivity contribution in [2.45, 2.75) is 18.9 Å². The molecule has 1 amide bonds. The van der Waals surface area contributed by atoms with Gasteiger partial charge in [0.05, 0.1) is 13.0 Å². The van der Waals surface area contributed by atoms with Crippen LogP contribution in [-0.2, 0) is 4.79 Å². The van der Waals surface area contributed by atoms with Crippen molar-refractivity contribution in [3.63, 3.8) is 0 Å². The lowest BCUT2D eigenvalue weighted by molar-refractivity contribution is -0.130. The quantitative estimate of drug-likeness (QED) is 0.822. The molecule has 0 bridgehead atoms. The van der Waals surface area contributed by atoms with Crippen molar-refractivity contribution >= 4 is 11.6 Å². The Hall–Kier alpha value is -1.75. The monoisotopic (exact) mass is 277 g/mol. The first kappa shape index (κ1) is 14.7. The Bertz CT molecular complexity index is 462. The van der Waals surface area contributed by atoms with E-state index >= 15 is 0 Å². The molecule has 2 rings (SSSR count). The van der Waals surface area contributed by atoms with E-state index in [4.69, 9.17) is 10.5 Å². The van der Waals surface area contributed by atoms with Crippen LogP contribution in [0.25, 0.3) is 0 Å². The highest BCUT2D eigenvalue weighted by Gasteiger charge is 2.26. The molecular formula is C15H23N3O2. The number of nitrogens with two attached hydrogens (primary N) is 1. The molecule has 1 saturated heterocycles. The number of nitrogen functional groups attached to an aromatic ring is 1. The molecule has 0 aromatic heterocycles. The van der Waals surface area contributed by atoms with Gasteiger partial charge in [-0.1, -0.05) is 6.07 Å². The van der Waals surface area contributed by atoms with E-state index in [-0.39, 0.29) is 5.91 Å². The molecule has 0 saturated carbocycles. The number of hydrogen-bond donors (Lipinski definition) is 1. The standard InChI is InChI=1S/C15H23N3O2/c1-17(2)13-6-8-18(11-13)15(19)7-9-20-14-5-3-4-12(16)10-14/h3-5,10,13H,6-9,11,16H2,1-2H3. The predicted octanol–water partition coefficient (Wildman–Crippen LogP) is 1.20. The van der Waals surface area contributed by atoms with Gasteiger partial charge in [-0.25, -0.2) is 0 Å². The fourth-order valence-corrected chi connectivity index (χ4v) is 2.41. The second-order valence-corrected chi connectivity index (χ2v) is 5.42. The number of nitrogens with zero attached hydrogens (tertiary/aromatic N) is 2. The van der Waals surface area contributed by atoms with E-state index in [0.29, 0.717) is 30.5 Å². The zero-order valence-electron chi connectivity index (χ0n) is 12.2. The number of amides is 1. The Labute approximate surface area is 120 Å². The van der Waals surface area contributed by atoms with Crippen LogP contribution < -0.4 is 10.5 Å². The molecule has 1 heterocycles. The van der Waals surface area contributed by atoms with Gasteiger partial charge >= 0.3 is 0 Å². The van der Waals surface area contributed by atoms with E-state index in [0.717, 1.165) is 19.5 Å². The van der Waals surface area contributed by atoms with Gasteiger partial charge in [0.25, 0.3) is 0 Å². The second-order valence-electron chi connectivity index (χ2n) is 5.42. The lowest BCUT2D eigenvalue weighted by Gasteiger charge is -2.20. The number of hydrogen-bond acceptors (Lipinski definition) is 4. The van der Waals surface area contributed by atoms with Gasteiger partial charge in [-0.3, -0.25) is 4.79 Å². The zero-order chi connectivity index (χ0) is 14.5. The molecule has 1 aromatic rings. The maximum absolute atomic E-state index is 12.1. The maximum atomic E-state index is 12.1. The Balaban J connectivity index is 1.73. The number of carbonyl (C=O) groups excluding carboxylic acids is 1. The van der Waals surface area contributed by atoms with Crippen LogP contribution >= 0.6 is 0 Å². The number of carbonyl (C=O) groups is 1. The molecule has 1 fully saturated rings. The lowest BCUT2D eigenvalue weighted by atomic mass is 10.2. The van der Waals surface area contributed by atoms with Gasteiger partial charge in [0.15, 0.2) is 0 Å². The predicted molar refractivity (Wildman–Crippen MR) is 79.6 cm³/mol. The minimum atomic E-state index is 0.165. The van der Waals surface area contributed by atoms with Crippen LogP contribution in [0.2, 0.25) is 0 Å². The second kappa shape index (κ2) is 6.61. The molecule has 0 radical (unpaired) electrons. The van der Waals surface area contributed by atoms with Crippen LogP contribution in [0.1, 0.15) is 12.8 Å². The third-order valence-corrected chi connectivity index (χ3v) is 3.69. The first-order valence-corrected chi connectivity index (χ1v) is 6.99. The van der Waals surface area contributed by atoms with Crippen LogP contribution in [0.4, 0.5) is 5.69 Å². The molecule has 0 spiro atoms. The molecule has 1 aromatic carbocycles. The molecule has 5 heteroatoms. The average Bonchev–Trinajstić information content (AvgIpc) is 2.88. The number of likely N-dealkylation sites (tertiary alicyclic amines) is 1. The number of ether oxygens (including phenoxy) is 1. The Morgan fingerprint density at radius 2 is 2.30 bits per heavy atom. The van der Waals surface area contributed by atoms with E-state index < -0.39 is 0 Å². The van der Waals surface area contributed by atoms with E-state index in [2.05, 4.69) is 19.0 Å². The SMILES string of the molecule is CN(C)C1CCN(C(=O)CCOc2cccc(N)c2)C1. The first-order valence-electron chi connectivity index (χ1n) is 6.99. The average molecular weight is 277 g/mol. The Morgan fingerprint density at radius 1 is 1.50 bits per heavy atom. The molecule has 0 aliphatic carbocycles. The summed E-state index contributed by atoms with van der Waals surface area (Å²) in [7, 11) is 4.11. The van der Waals surface area contributed by atoms with E-state index in [9.17, 15) is 4.79 Å². The fourth-order valence-electron chi connectivity index (χ4n) is 2.41. The first-order chi connectivity index (χ1) is 9.56. The van der Waals surface area contributed by atoms with Crippen molar-refractivity contribution < 1.29 is 9.53 Å². The summed E-state index contributed by atoms with van der Waals surface area (Å²) < 4.78 is 5.55. The molecule has 20 heavy (non-hydrogen) atoms. The Morgan fingerprint density at radius 3 is 2.95 bits per heavy atom. The van der Waals surface area contributed by atoms with Gasteiger partial charge in [-0.2, -0.15) is 0 Å². The number of likely N-dealkylation sites (N-methyl/N-ethyl adjacent to an activating group) is 1. The van der Waals surface area contributed by atoms with Crippen LogP contribution in [0.3, 0.4) is 0 Å². The van der Waals surface area contributed by atoms with Crippen molar-refractivity contribution in [2.75, 3.05) is 39.5 Å². The topological polar surface area (TPSA) is 58.8 Å². The summed E-state index contributed by atoms with van der Waals surface area (Å²) in [5, 5.41) is 0. The van der Waals surface area contributed by atoms with Crippen molar-refractivity contribution in [2.24, 2.45) is 0 Å². The van der Waals surface area contributed by atoms with Crippen LogP contribution in [0.15, 0.2) is 24.3 Å². The van der Waals surface area contributed by atoms with Gasteiger partial charge in [0.2, 0.25) is 5.91 Å². The minimum absolute atomic E-state index is 0.165. The largest absolute Gasteiger partial charge is 0.493 e. The minimum Gasteiger partial charge on any atom is -0.493 e. The van der Waals surface area contributed by atoms with Crippen molar-refractivity contribution in [1.29, 1.82) is 0 Å². The zero-order valence-corrected chi connectivity index (χ0v) is 12.2. The summed E-state index contributed by atoms with van der Waals surface area (Å²) in [6.07, 6.45) is 1.46. The van der Waals surface area contributed by atoms with Gasteiger partial charge < -0.3 is 20.3 Å². The summed E-state index contributed by atoms with van der Waals surface area (Å²) in [5.74, 6) is 0.878. The molecule has 1 unspecified atom stereocenters. The van der Waals surface area contributed by atoms with Crippen molar-refractivity contribution in [1.82, 2.24) is 9.80 Å². The van der Waals surface area contributed by atoms with Crippen LogP contribution in [-0.4, -0.2) is 55.5 Å². The van der Waals surface area contributed by atoms with Crippen LogP contribution in [0.5, 0.6) is 5.75 Å². The third-order valence-electron chi connectivity index (χ3n) is 3.69. The normalized spacial score (nSPS) is 18.6. The highest BCUT2D eigenvalue weighted by molar-refractivity contribution is 5.76. The van der Waals surface area contributed by atoms with E-state index in [1.807, 2.05) is 23.1 Å². The summed E-state index contributed by atoms with van der Waals surface area (Å²) in [5.41, 5.74) is 6.34. The van der Waals surface area contributed by atoms with Crippen molar-refractivity contribution in [3.05, 3.63) is 24.3 Å². The van der Waals surface area contributed by atoms with Gasteiger partial charge in [-0.15, -0.1) is 0 Å². The third kappa shape index (κ3) is 3.87. The molecule has 1 aliphatic rings. The molecule has 1 aliphatic heterocycles. The molecule has 1 atom stereocenters. The maximum Gasteiger partial charge on any atom is 0.226 e. The lowest BCUT2D eigenvalue weighted by Crippen LogP contribution is -2.34. The number of anilines is 1. The van der Waals surface area contributed by atoms with E-state index in [1.165, 1.54) is 0 Å². The number of benzene rings is 1. The highest BCUT2D eigenvalue weighted by atomic mass is 16.5. The molecule has 2 N–H and O–H groups in total. The summed E-state index contributed by atoms with van der Waals surface area (Å²) >= 11 is 0.